The molecule has 0 amide bonds. The van der Waals surface area contributed by atoms with Crippen LogP contribution in [-0.2, 0) is 0 Å². The molecule has 0 radical (unpaired) electrons. The Morgan fingerprint density at radius 2 is 1.24 bits per heavy atom. The predicted octanol–water partition coefficient (Wildman–Crippen LogP) is 3.67. The van der Waals surface area contributed by atoms with Gasteiger partial charge >= 0.3 is 0 Å². The normalized spacial score (nSPS) is 12.5. The molecule has 0 spiro atoms. The van der Waals surface area contributed by atoms with Crippen molar-refractivity contribution in [3.05, 3.63) is 82.9 Å². The Morgan fingerprint density at radius 3 is 1.88 bits per heavy atom. The molecular formula is C20H12O5. The zero-order chi connectivity index (χ0) is 17.6. The number of ether oxygens (including phenoxy) is 1. The summed E-state index contributed by atoms with van der Waals surface area (Å²) in [6, 6.07) is 15.9. The first-order chi connectivity index (χ1) is 12.1. The standard InChI is InChI=1S/C20H12O5/c21-14-10-15(22)20(25-11-6-2-1-3-7-11)17-16(14)18(23)12-8-4-5-9-13(12)19(17)24/h1-10,21-22H. The number of rotatable bonds is 2. The van der Waals surface area contributed by atoms with E-state index in [1.807, 2.05) is 0 Å². The van der Waals surface area contributed by atoms with Gasteiger partial charge in [0.1, 0.15) is 11.5 Å². The van der Waals surface area contributed by atoms with Gasteiger partial charge in [-0.2, -0.15) is 0 Å². The SMILES string of the molecule is O=C1c2ccccc2C(=O)c2c(Oc3ccccc3)c(O)cc(O)c21. The van der Waals surface area contributed by atoms with Crippen molar-refractivity contribution in [2.24, 2.45) is 0 Å². The molecule has 25 heavy (non-hydrogen) atoms. The fourth-order valence-electron chi connectivity index (χ4n) is 2.94. The summed E-state index contributed by atoms with van der Waals surface area (Å²) in [5.74, 6) is -1.60. The summed E-state index contributed by atoms with van der Waals surface area (Å²) >= 11 is 0. The van der Waals surface area contributed by atoms with Crippen LogP contribution in [0.1, 0.15) is 31.8 Å². The summed E-state index contributed by atoms with van der Waals surface area (Å²) in [6.07, 6.45) is 0. The van der Waals surface area contributed by atoms with E-state index >= 15 is 0 Å². The summed E-state index contributed by atoms with van der Waals surface area (Å²) in [5.41, 5.74) is 0.132. The number of carbonyl (C=O) groups is 2. The van der Waals surface area contributed by atoms with Gasteiger partial charge in [-0.3, -0.25) is 9.59 Å². The molecule has 5 heteroatoms. The summed E-state index contributed by atoms with van der Waals surface area (Å²) in [4.78, 5) is 25.7. The number of phenolic OH excluding ortho intramolecular Hbond substituents is 2. The van der Waals surface area contributed by atoms with Crippen molar-refractivity contribution in [3.63, 3.8) is 0 Å². The van der Waals surface area contributed by atoms with Gasteiger partial charge in [-0.05, 0) is 12.1 Å². The summed E-state index contributed by atoms with van der Waals surface area (Å²) in [5, 5.41) is 20.4. The van der Waals surface area contributed by atoms with E-state index in [9.17, 15) is 19.8 Å². The second-order valence-corrected chi connectivity index (χ2v) is 5.61. The molecule has 122 valence electrons. The highest BCUT2D eigenvalue weighted by atomic mass is 16.5. The van der Waals surface area contributed by atoms with Crippen LogP contribution < -0.4 is 4.74 Å². The molecule has 0 unspecified atom stereocenters. The van der Waals surface area contributed by atoms with Crippen molar-refractivity contribution >= 4 is 11.6 Å². The van der Waals surface area contributed by atoms with E-state index in [-0.39, 0.29) is 28.0 Å². The molecule has 0 bridgehead atoms. The highest BCUT2D eigenvalue weighted by Gasteiger charge is 2.36. The van der Waals surface area contributed by atoms with Crippen molar-refractivity contribution in [2.75, 3.05) is 0 Å². The molecule has 0 aromatic heterocycles. The zero-order valence-corrected chi connectivity index (χ0v) is 12.9. The third-order valence-corrected chi connectivity index (χ3v) is 4.07. The molecule has 1 aliphatic rings. The molecule has 3 aromatic rings. The van der Waals surface area contributed by atoms with E-state index in [1.165, 1.54) is 12.1 Å². The summed E-state index contributed by atoms with van der Waals surface area (Å²) in [6.45, 7) is 0. The zero-order valence-electron chi connectivity index (χ0n) is 12.9. The number of carbonyl (C=O) groups excluding carboxylic acids is 2. The first-order valence-corrected chi connectivity index (χ1v) is 7.58. The number of fused-ring (bicyclic) bond motifs is 2. The fourth-order valence-corrected chi connectivity index (χ4v) is 2.94. The van der Waals surface area contributed by atoms with E-state index < -0.39 is 23.1 Å². The predicted molar refractivity (Wildman–Crippen MR) is 89.6 cm³/mol. The van der Waals surface area contributed by atoms with Crippen molar-refractivity contribution in [2.45, 2.75) is 0 Å². The average Bonchev–Trinajstić information content (AvgIpc) is 2.62. The molecule has 0 saturated heterocycles. The van der Waals surface area contributed by atoms with Gasteiger partial charge in [0.15, 0.2) is 23.1 Å². The lowest BCUT2D eigenvalue weighted by atomic mass is 9.83. The van der Waals surface area contributed by atoms with Crippen LogP contribution in [0.5, 0.6) is 23.0 Å². The number of hydrogen-bond donors (Lipinski definition) is 2. The molecule has 5 nitrogen and oxygen atoms in total. The first kappa shape index (κ1) is 15.0. The van der Waals surface area contributed by atoms with Gasteiger partial charge in [-0.1, -0.05) is 42.5 Å². The molecule has 2 N–H and O–H groups in total. The Balaban J connectivity index is 1.97. The van der Waals surface area contributed by atoms with Crippen LogP contribution in [0, 0.1) is 0 Å². The first-order valence-electron chi connectivity index (χ1n) is 7.58. The second-order valence-electron chi connectivity index (χ2n) is 5.61. The number of para-hydroxylation sites is 1. The third-order valence-electron chi connectivity index (χ3n) is 4.07. The van der Waals surface area contributed by atoms with Gasteiger partial charge in [0.2, 0.25) is 0 Å². The topological polar surface area (TPSA) is 83.8 Å². The van der Waals surface area contributed by atoms with Crippen LogP contribution in [0.25, 0.3) is 0 Å². The summed E-state index contributed by atoms with van der Waals surface area (Å²) < 4.78 is 5.66. The molecule has 0 fully saturated rings. The maximum Gasteiger partial charge on any atom is 0.198 e. The number of ketones is 2. The van der Waals surface area contributed by atoms with Gasteiger partial charge in [-0.15, -0.1) is 0 Å². The molecule has 0 atom stereocenters. The number of benzene rings is 3. The van der Waals surface area contributed by atoms with Gasteiger partial charge in [0, 0.05) is 17.2 Å². The van der Waals surface area contributed by atoms with Gasteiger partial charge in [0.05, 0.1) is 11.1 Å². The van der Waals surface area contributed by atoms with Crippen LogP contribution in [0.3, 0.4) is 0 Å². The lowest BCUT2D eigenvalue weighted by Crippen LogP contribution is -2.21. The minimum absolute atomic E-state index is 0.134. The van der Waals surface area contributed by atoms with Crippen molar-refractivity contribution < 1.29 is 24.5 Å². The largest absolute Gasteiger partial charge is 0.507 e. The quantitative estimate of drug-likeness (QED) is 0.585. The molecule has 0 aliphatic heterocycles. The maximum atomic E-state index is 12.9. The summed E-state index contributed by atoms with van der Waals surface area (Å²) in [7, 11) is 0. The average molecular weight is 332 g/mol. The molecular weight excluding hydrogens is 320 g/mol. The maximum absolute atomic E-state index is 12.9. The molecule has 4 rings (SSSR count). The van der Waals surface area contributed by atoms with E-state index in [0.29, 0.717) is 5.75 Å². The minimum Gasteiger partial charge on any atom is -0.507 e. The van der Waals surface area contributed by atoms with Crippen molar-refractivity contribution in [1.29, 1.82) is 0 Å². The minimum atomic E-state index is -0.486. The van der Waals surface area contributed by atoms with Crippen molar-refractivity contribution in [3.8, 4) is 23.0 Å². The monoisotopic (exact) mass is 332 g/mol. The van der Waals surface area contributed by atoms with Crippen LogP contribution in [-0.4, -0.2) is 21.8 Å². The number of hydrogen-bond acceptors (Lipinski definition) is 5. The highest BCUT2D eigenvalue weighted by molar-refractivity contribution is 6.30. The molecule has 0 saturated carbocycles. The van der Waals surface area contributed by atoms with E-state index in [0.717, 1.165) is 6.07 Å². The Kier molecular flexibility index (Phi) is 3.28. The number of phenols is 2. The Labute approximate surface area is 142 Å². The van der Waals surface area contributed by atoms with Gasteiger partial charge in [-0.25, -0.2) is 0 Å². The Morgan fingerprint density at radius 1 is 0.680 bits per heavy atom. The Bertz CT molecular complexity index is 1020. The van der Waals surface area contributed by atoms with Crippen molar-refractivity contribution in [1.82, 2.24) is 0 Å². The molecule has 3 aromatic carbocycles. The lowest BCUT2D eigenvalue weighted by Gasteiger charge is -2.21. The highest BCUT2D eigenvalue weighted by Crippen LogP contribution is 2.45. The third kappa shape index (κ3) is 2.25. The Hall–Kier alpha value is -3.60. The van der Waals surface area contributed by atoms with Crippen LogP contribution in [0.2, 0.25) is 0 Å². The van der Waals surface area contributed by atoms with Crippen LogP contribution in [0.4, 0.5) is 0 Å². The number of aromatic hydroxyl groups is 2. The molecule has 0 heterocycles. The van der Waals surface area contributed by atoms with Gasteiger partial charge in [0.25, 0.3) is 0 Å². The van der Waals surface area contributed by atoms with Crippen LogP contribution in [0.15, 0.2) is 60.7 Å². The van der Waals surface area contributed by atoms with E-state index in [4.69, 9.17) is 4.74 Å². The smallest absolute Gasteiger partial charge is 0.198 e. The second kappa shape index (κ2) is 5.49. The van der Waals surface area contributed by atoms with E-state index in [2.05, 4.69) is 0 Å². The van der Waals surface area contributed by atoms with Gasteiger partial charge < -0.3 is 14.9 Å². The lowest BCUT2D eigenvalue weighted by molar-refractivity contribution is 0.0974. The van der Waals surface area contributed by atoms with E-state index in [1.54, 1.807) is 42.5 Å². The molecule has 1 aliphatic carbocycles. The van der Waals surface area contributed by atoms with Crippen LogP contribution >= 0.6 is 0 Å². The fraction of sp³-hybridized carbons (Fsp3) is 0.